The first-order valence-corrected chi connectivity index (χ1v) is 6.75. The number of nitrogens with one attached hydrogen (secondary N) is 1. The van der Waals surface area contributed by atoms with E-state index in [-0.39, 0.29) is 18.1 Å². The van der Waals surface area contributed by atoms with Gasteiger partial charge in [0.15, 0.2) is 0 Å². The maximum atomic E-state index is 13.1. The van der Waals surface area contributed by atoms with Crippen LogP contribution in [0.1, 0.15) is 30.1 Å². The van der Waals surface area contributed by atoms with Crippen molar-refractivity contribution in [2.75, 3.05) is 6.61 Å². The molecular weight excluding hydrogens is 301 g/mol. The summed E-state index contributed by atoms with van der Waals surface area (Å²) in [7, 11) is 0. The van der Waals surface area contributed by atoms with Gasteiger partial charge in [0.2, 0.25) is 0 Å². The molecule has 1 fully saturated rings. The van der Waals surface area contributed by atoms with Gasteiger partial charge >= 0.3 is 0 Å². The van der Waals surface area contributed by atoms with Crippen LogP contribution in [0.3, 0.4) is 0 Å². The Morgan fingerprint density at radius 2 is 2.39 bits per heavy atom. The van der Waals surface area contributed by atoms with Crippen molar-refractivity contribution in [3.05, 3.63) is 34.1 Å². The standard InChI is InChI=1S/C13H15BrFNO2/c1-8(12-3-2-6-18-12)16-13(17)10-7-9(15)4-5-11(10)14/h4-5,7-8,12H,2-3,6H2,1H3,(H,16,17). The van der Waals surface area contributed by atoms with Gasteiger partial charge in [-0.1, -0.05) is 0 Å². The van der Waals surface area contributed by atoms with Crippen LogP contribution in [0.25, 0.3) is 0 Å². The van der Waals surface area contributed by atoms with Crippen LogP contribution in [0, 0.1) is 5.82 Å². The van der Waals surface area contributed by atoms with E-state index in [1.807, 2.05) is 6.92 Å². The molecule has 0 aliphatic carbocycles. The fourth-order valence-corrected chi connectivity index (χ4v) is 2.47. The van der Waals surface area contributed by atoms with E-state index in [9.17, 15) is 9.18 Å². The lowest BCUT2D eigenvalue weighted by Crippen LogP contribution is -2.41. The Kier molecular flexibility index (Phi) is 4.35. The minimum Gasteiger partial charge on any atom is -0.376 e. The van der Waals surface area contributed by atoms with Crippen LogP contribution in [0.2, 0.25) is 0 Å². The van der Waals surface area contributed by atoms with Crippen LogP contribution >= 0.6 is 15.9 Å². The Balaban J connectivity index is 2.04. The number of rotatable bonds is 3. The second kappa shape index (κ2) is 5.80. The second-order valence-electron chi connectivity index (χ2n) is 4.44. The average molecular weight is 316 g/mol. The van der Waals surface area contributed by atoms with E-state index in [1.165, 1.54) is 18.2 Å². The second-order valence-corrected chi connectivity index (χ2v) is 5.29. The lowest BCUT2D eigenvalue weighted by Gasteiger charge is -2.20. The van der Waals surface area contributed by atoms with Gasteiger partial charge in [0.1, 0.15) is 5.82 Å². The molecule has 2 unspecified atom stereocenters. The van der Waals surface area contributed by atoms with Gasteiger partial charge < -0.3 is 10.1 Å². The largest absolute Gasteiger partial charge is 0.376 e. The molecule has 1 N–H and O–H groups in total. The summed E-state index contributed by atoms with van der Waals surface area (Å²) in [6, 6.07) is 3.99. The summed E-state index contributed by atoms with van der Waals surface area (Å²) in [6.45, 7) is 2.65. The molecule has 0 radical (unpaired) electrons. The van der Waals surface area contributed by atoms with E-state index >= 15 is 0 Å². The number of carbonyl (C=O) groups excluding carboxylic acids is 1. The van der Waals surface area contributed by atoms with Gasteiger partial charge in [-0.25, -0.2) is 4.39 Å². The molecule has 1 aliphatic heterocycles. The third-order valence-corrected chi connectivity index (χ3v) is 3.75. The van der Waals surface area contributed by atoms with E-state index in [2.05, 4.69) is 21.2 Å². The average Bonchev–Trinajstić information content (AvgIpc) is 2.85. The van der Waals surface area contributed by atoms with Gasteiger partial charge in [-0.05, 0) is 53.9 Å². The van der Waals surface area contributed by atoms with Crippen molar-refractivity contribution in [3.63, 3.8) is 0 Å². The van der Waals surface area contributed by atoms with Crippen molar-refractivity contribution >= 4 is 21.8 Å². The van der Waals surface area contributed by atoms with Crippen molar-refractivity contribution in [2.24, 2.45) is 0 Å². The van der Waals surface area contributed by atoms with E-state index in [0.29, 0.717) is 10.0 Å². The van der Waals surface area contributed by atoms with Gasteiger partial charge in [0.05, 0.1) is 17.7 Å². The van der Waals surface area contributed by atoms with Crippen LogP contribution in [0.15, 0.2) is 22.7 Å². The zero-order valence-electron chi connectivity index (χ0n) is 10.1. The highest BCUT2D eigenvalue weighted by Crippen LogP contribution is 2.19. The van der Waals surface area contributed by atoms with Gasteiger partial charge in [0, 0.05) is 11.1 Å². The first kappa shape index (κ1) is 13.5. The fraction of sp³-hybridized carbons (Fsp3) is 0.462. The predicted octanol–water partition coefficient (Wildman–Crippen LogP) is 2.89. The Morgan fingerprint density at radius 1 is 1.61 bits per heavy atom. The molecule has 1 aliphatic rings. The van der Waals surface area contributed by atoms with E-state index in [1.54, 1.807) is 0 Å². The molecule has 0 bridgehead atoms. The van der Waals surface area contributed by atoms with Crippen LogP contribution in [0.4, 0.5) is 4.39 Å². The Bertz CT molecular complexity index is 447. The highest BCUT2D eigenvalue weighted by atomic mass is 79.9. The number of ether oxygens (including phenoxy) is 1. The number of benzene rings is 1. The quantitative estimate of drug-likeness (QED) is 0.931. The van der Waals surface area contributed by atoms with Crippen molar-refractivity contribution in [1.29, 1.82) is 0 Å². The monoisotopic (exact) mass is 315 g/mol. The Labute approximate surface area is 114 Å². The third-order valence-electron chi connectivity index (χ3n) is 3.05. The molecule has 1 aromatic carbocycles. The molecule has 0 spiro atoms. The molecule has 5 heteroatoms. The normalized spacial score (nSPS) is 20.7. The summed E-state index contributed by atoms with van der Waals surface area (Å²) in [4.78, 5) is 12.0. The summed E-state index contributed by atoms with van der Waals surface area (Å²) >= 11 is 3.25. The summed E-state index contributed by atoms with van der Waals surface area (Å²) in [5, 5.41) is 2.85. The molecule has 2 atom stereocenters. The summed E-state index contributed by atoms with van der Waals surface area (Å²) in [6.07, 6.45) is 2.03. The summed E-state index contributed by atoms with van der Waals surface area (Å²) < 4.78 is 19.2. The number of hydrogen-bond donors (Lipinski definition) is 1. The predicted molar refractivity (Wildman–Crippen MR) is 70.0 cm³/mol. The highest BCUT2D eigenvalue weighted by molar-refractivity contribution is 9.10. The molecule has 0 saturated carbocycles. The van der Waals surface area contributed by atoms with Crippen LogP contribution in [-0.2, 0) is 4.74 Å². The van der Waals surface area contributed by atoms with Gasteiger partial charge in [0.25, 0.3) is 5.91 Å². The van der Waals surface area contributed by atoms with Crippen molar-refractivity contribution in [2.45, 2.75) is 31.9 Å². The maximum absolute atomic E-state index is 13.1. The molecule has 1 heterocycles. The summed E-state index contributed by atoms with van der Waals surface area (Å²) in [5.74, 6) is -0.711. The SMILES string of the molecule is CC(NC(=O)c1cc(F)ccc1Br)C1CCCO1. The van der Waals surface area contributed by atoms with E-state index in [0.717, 1.165) is 19.4 Å². The third kappa shape index (κ3) is 3.09. The zero-order chi connectivity index (χ0) is 13.1. The highest BCUT2D eigenvalue weighted by Gasteiger charge is 2.24. The number of hydrogen-bond acceptors (Lipinski definition) is 2. The first-order valence-electron chi connectivity index (χ1n) is 5.95. The van der Waals surface area contributed by atoms with Crippen LogP contribution in [-0.4, -0.2) is 24.7 Å². The van der Waals surface area contributed by atoms with E-state index < -0.39 is 5.82 Å². The minimum atomic E-state index is -0.423. The Hall–Kier alpha value is -0.940. The lowest BCUT2D eigenvalue weighted by molar-refractivity contribution is 0.0711. The zero-order valence-corrected chi connectivity index (χ0v) is 11.7. The molecule has 2 rings (SSSR count). The topological polar surface area (TPSA) is 38.3 Å². The van der Waals surface area contributed by atoms with Crippen molar-refractivity contribution < 1.29 is 13.9 Å². The van der Waals surface area contributed by atoms with Crippen molar-refractivity contribution in [3.8, 4) is 0 Å². The smallest absolute Gasteiger partial charge is 0.252 e. The Morgan fingerprint density at radius 3 is 3.06 bits per heavy atom. The molecular formula is C13H15BrFNO2. The van der Waals surface area contributed by atoms with Gasteiger partial charge in [-0.15, -0.1) is 0 Å². The van der Waals surface area contributed by atoms with Crippen molar-refractivity contribution in [1.82, 2.24) is 5.32 Å². The maximum Gasteiger partial charge on any atom is 0.252 e. The molecule has 0 aromatic heterocycles. The van der Waals surface area contributed by atoms with Crippen LogP contribution < -0.4 is 5.32 Å². The molecule has 1 amide bonds. The van der Waals surface area contributed by atoms with E-state index in [4.69, 9.17) is 4.74 Å². The summed E-state index contributed by atoms with van der Waals surface area (Å²) in [5.41, 5.74) is 0.305. The molecule has 98 valence electrons. The molecule has 3 nitrogen and oxygen atoms in total. The molecule has 18 heavy (non-hydrogen) atoms. The molecule has 1 aromatic rings. The number of halogens is 2. The van der Waals surface area contributed by atoms with Gasteiger partial charge in [-0.3, -0.25) is 4.79 Å². The lowest BCUT2D eigenvalue weighted by atomic mass is 10.1. The first-order chi connectivity index (χ1) is 8.58. The number of amides is 1. The molecule has 1 saturated heterocycles. The minimum absolute atomic E-state index is 0.0567. The number of carbonyl (C=O) groups is 1. The van der Waals surface area contributed by atoms with Crippen LogP contribution in [0.5, 0.6) is 0 Å². The van der Waals surface area contributed by atoms with Gasteiger partial charge in [-0.2, -0.15) is 0 Å². The fourth-order valence-electron chi connectivity index (χ4n) is 2.05.